The Morgan fingerprint density at radius 2 is 1.69 bits per heavy atom. The van der Waals surface area contributed by atoms with Gasteiger partial charge >= 0.3 is 0 Å². The van der Waals surface area contributed by atoms with Crippen molar-refractivity contribution in [2.75, 3.05) is 10.2 Å². The zero-order valence-electron chi connectivity index (χ0n) is 19.4. The molecule has 1 aliphatic heterocycles. The van der Waals surface area contributed by atoms with E-state index in [2.05, 4.69) is 15.4 Å². The van der Waals surface area contributed by atoms with Crippen LogP contribution in [-0.2, 0) is 11.2 Å². The summed E-state index contributed by atoms with van der Waals surface area (Å²) in [7, 11) is 0. The van der Waals surface area contributed by atoms with Gasteiger partial charge in [0.2, 0.25) is 5.91 Å². The van der Waals surface area contributed by atoms with Gasteiger partial charge in [-0.05, 0) is 63.1 Å². The van der Waals surface area contributed by atoms with Crippen molar-refractivity contribution in [2.45, 2.75) is 33.6 Å². The second-order valence-electron chi connectivity index (χ2n) is 8.52. The Balaban J connectivity index is 1.29. The lowest BCUT2D eigenvalue weighted by Gasteiger charge is -2.17. The van der Waals surface area contributed by atoms with Gasteiger partial charge in [0.25, 0.3) is 11.8 Å². The number of fused-ring (bicyclic) bond motifs is 2. The number of imide groups is 1. The Hall–Kier alpha value is -4.04. The smallest absolute Gasteiger partial charge is 0.266 e. The second kappa shape index (κ2) is 8.63. The number of nitrogens with zero attached hydrogens (tertiary/aromatic N) is 4. The number of hydrogen-bond donors (Lipinski definition) is 1. The molecule has 9 heteroatoms. The van der Waals surface area contributed by atoms with E-state index >= 15 is 0 Å². The van der Waals surface area contributed by atoms with Crippen molar-refractivity contribution >= 4 is 46.3 Å². The Kier molecular flexibility index (Phi) is 5.61. The molecule has 8 nitrogen and oxygen atoms in total. The van der Waals surface area contributed by atoms with Gasteiger partial charge in [0, 0.05) is 29.6 Å². The lowest BCUT2D eigenvalue weighted by Crippen LogP contribution is -2.29. The van der Waals surface area contributed by atoms with Gasteiger partial charge < -0.3 is 5.32 Å². The van der Waals surface area contributed by atoms with Gasteiger partial charge in [-0.15, -0.1) is 0 Å². The zero-order valence-corrected chi connectivity index (χ0v) is 20.2. The summed E-state index contributed by atoms with van der Waals surface area (Å²) in [4.78, 5) is 43.8. The van der Waals surface area contributed by atoms with Gasteiger partial charge in [-0.3, -0.25) is 14.4 Å². The van der Waals surface area contributed by atoms with E-state index in [0.717, 1.165) is 33.2 Å². The summed E-state index contributed by atoms with van der Waals surface area (Å²) >= 11 is 6.42. The summed E-state index contributed by atoms with van der Waals surface area (Å²) in [6, 6.07) is 13.3. The van der Waals surface area contributed by atoms with Crippen LogP contribution in [0.25, 0.3) is 5.65 Å². The van der Waals surface area contributed by atoms with Crippen LogP contribution < -0.4 is 10.2 Å². The van der Waals surface area contributed by atoms with Gasteiger partial charge in [0.05, 0.1) is 27.5 Å². The number of carbonyl (C=O) groups excluding carboxylic acids is 3. The molecule has 35 heavy (non-hydrogen) atoms. The molecule has 3 heterocycles. The molecule has 0 fully saturated rings. The molecule has 0 spiro atoms. The van der Waals surface area contributed by atoms with Crippen LogP contribution in [0.2, 0.25) is 5.02 Å². The lowest BCUT2D eigenvalue weighted by molar-refractivity contribution is -0.116. The highest BCUT2D eigenvalue weighted by atomic mass is 35.5. The van der Waals surface area contributed by atoms with Crippen molar-refractivity contribution in [3.63, 3.8) is 0 Å². The third-order valence-corrected chi connectivity index (χ3v) is 6.46. The van der Waals surface area contributed by atoms with Gasteiger partial charge in [-0.1, -0.05) is 23.7 Å². The van der Waals surface area contributed by atoms with Crippen molar-refractivity contribution in [3.8, 4) is 0 Å². The molecule has 176 valence electrons. The first kappa shape index (κ1) is 22.7. The number of aromatic nitrogens is 3. The summed E-state index contributed by atoms with van der Waals surface area (Å²) in [6.07, 6.45) is 0.749. The molecule has 2 aromatic carbocycles. The van der Waals surface area contributed by atoms with Crippen molar-refractivity contribution < 1.29 is 14.4 Å². The molecule has 0 unspecified atom stereocenters. The van der Waals surface area contributed by atoms with Crippen LogP contribution in [0, 0.1) is 20.8 Å². The van der Waals surface area contributed by atoms with Crippen LogP contribution >= 0.6 is 11.6 Å². The van der Waals surface area contributed by atoms with Crippen molar-refractivity contribution in [1.82, 2.24) is 14.6 Å². The molecule has 1 aliphatic rings. The molecule has 1 N–H and O–H groups in total. The first-order chi connectivity index (χ1) is 16.7. The van der Waals surface area contributed by atoms with Crippen LogP contribution in [-0.4, -0.2) is 32.3 Å². The molecular weight excluding hydrogens is 466 g/mol. The quantitative estimate of drug-likeness (QED) is 0.412. The predicted molar refractivity (Wildman–Crippen MR) is 133 cm³/mol. The standard InChI is InChI=1S/C26H22ClN5O3/c1-14-12-23-28-15(2)18(16(3)32(23)30-14)9-11-24(33)29-17-8-10-22(21(27)13-17)31-25(34)19-6-4-5-7-20(19)26(31)35/h4-8,10,12-13H,9,11H2,1-3H3,(H,29,33). The SMILES string of the molecule is Cc1cc2nc(C)c(CCC(=O)Nc3ccc(N4C(=O)c5ccccc5C4=O)c(Cl)c3)c(C)n2n1. The average Bonchev–Trinajstić information content (AvgIpc) is 3.31. The van der Waals surface area contributed by atoms with Gasteiger partial charge in [0.15, 0.2) is 5.65 Å². The Labute approximate surface area is 206 Å². The lowest BCUT2D eigenvalue weighted by atomic mass is 10.1. The van der Waals surface area contributed by atoms with Crippen molar-refractivity contribution in [1.29, 1.82) is 0 Å². The first-order valence-corrected chi connectivity index (χ1v) is 11.5. The fourth-order valence-electron chi connectivity index (χ4n) is 4.44. The minimum absolute atomic E-state index is 0.188. The monoisotopic (exact) mass is 487 g/mol. The number of rotatable bonds is 5. The minimum atomic E-state index is -0.423. The molecule has 3 amide bonds. The molecule has 0 aliphatic carbocycles. The van der Waals surface area contributed by atoms with Crippen molar-refractivity contribution in [2.24, 2.45) is 0 Å². The van der Waals surface area contributed by atoms with E-state index in [4.69, 9.17) is 11.6 Å². The maximum absolute atomic E-state index is 12.7. The van der Waals surface area contributed by atoms with Gasteiger partial charge in [-0.25, -0.2) is 14.4 Å². The third kappa shape index (κ3) is 3.95. The Morgan fingerprint density at radius 3 is 2.34 bits per heavy atom. The maximum atomic E-state index is 12.7. The summed E-state index contributed by atoms with van der Waals surface area (Å²) in [5.41, 5.74) is 5.92. The highest BCUT2D eigenvalue weighted by Gasteiger charge is 2.37. The summed E-state index contributed by atoms with van der Waals surface area (Å²) in [6.45, 7) is 5.82. The first-order valence-electron chi connectivity index (χ1n) is 11.1. The Morgan fingerprint density at radius 1 is 1.00 bits per heavy atom. The number of hydrogen-bond acceptors (Lipinski definition) is 5. The fourth-order valence-corrected chi connectivity index (χ4v) is 4.70. The highest BCUT2D eigenvalue weighted by molar-refractivity contribution is 6.40. The summed E-state index contributed by atoms with van der Waals surface area (Å²) in [5, 5.41) is 7.49. The molecule has 0 bridgehead atoms. The van der Waals surface area contributed by atoms with E-state index in [1.807, 2.05) is 26.8 Å². The van der Waals surface area contributed by atoms with Gasteiger partial charge in [-0.2, -0.15) is 5.10 Å². The largest absolute Gasteiger partial charge is 0.326 e. The normalized spacial score (nSPS) is 13.0. The Bertz CT molecular complexity index is 1510. The number of nitrogens with one attached hydrogen (secondary N) is 1. The number of aryl methyl sites for hydroxylation is 3. The van der Waals surface area contributed by atoms with E-state index in [-0.39, 0.29) is 23.0 Å². The van der Waals surface area contributed by atoms with E-state index in [1.165, 1.54) is 6.07 Å². The minimum Gasteiger partial charge on any atom is -0.326 e. The maximum Gasteiger partial charge on any atom is 0.266 e. The predicted octanol–water partition coefficient (Wildman–Crippen LogP) is 4.68. The third-order valence-electron chi connectivity index (χ3n) is 6.15. The van der Waals surface area contributed by atoms with Crippen LogP contribution in [0.15, 0.2) is 48.5 Å². The van der Waals surface area contributed by atoms with E-state index in [9.17, 15) is 14.4 Å². The van der Waals surface area contributed by atoms with E-state index in [0.29, 0.717) is 23.2 Å². The van der Waals surface area contributed by atoms with Crippen LogP contribution in [0.4, 0.5) is 11.4 Å². The number of amides is 3. The van der Waals surface area contributed by atoms with Crippen LogP contribution in [0.5, 0.6) is 0 Å². The number of carbonyl (C=O) groups is 3. The fraction of sp³-hybridized carbons (Fsp3) is 0.192. The zero-order chi connectivity index (χ0) is 24.9. The molecule has 0 radical (unpaired) electrons. The molecular formula is C26H22ClN5O3. The molecule has 5 rings (SSSR count). The van der Waals surface area contributed by atoms with E-state index < -0.39 is 11.8 Å². The molecule has 2 aromatic heterocycles. The van der Waals surface area contributed by atoms with Gasteiger partial charge in [0.1, 0.15) is 0 Å². The topological polar surface area (TPSA) is 96.7 Å². The second-order valence-corrected chi connectivity index (χ2v) is 8.93. The summed E-state index contributed by atoms with van der Waals surface area (Å²) < 4.78 is 1.80. The average molecular weight is 488 g/mol. The van der Waals surface area contributed by atoms with Crippen LogP contribution in [0.3, 0.4) is 0 Å². The van der Waals surface area contributed by atoms with E-state index in [1.54, 1.807) is 40.9 Å². The van der Waals surface area contributed by atoms with Crippen molar-refractivity contribution in [3.05, 3.63) is 87.3 Å². The molecule has 0 saturated heterocycles. The summed E-state index contributed by atoms with van der Waals surface area (Å²) in [5.74, 6) is -1.04. The number of halogens is 1. The molecule has 0 atom stereocenters. The van der Waals surface area contributed by atoms with Crippen LogP contribution in [0.1, 0.15) is 49.8 Å². The number of benzene rings is 2. The molecule has 0 saturated carbocycles. The highest BCUT2D eigenvalue weighted by Crippen LogP contribution is 2.34. The number of anilines is 2. The molecule has 4 aromatic rings.